The SMILES string of the molecule is O=S1(=O)c2ccccc2-c2ccccc2-c2ccccc2-c2ccc(-c3cc(-c4cccnc4)nc(-c4ccccc4)n3)cc2-c2ccc3ccccc3c21. The molecule has 0 bridgehead atoms. The lowest BCUT2D eigenvalue weighted by Gasteiger charge is -2.19. The van der Waals surface area contributed by atoms with Gasteiger partial charge in [0, 0.05) is 45.6 Å². The fourth-order valence-electron chi connectivity index (χ4n) is 7.82. The molecule has 0 N–H and O–H groups in total. The molecule has 0 aliphatic carbocycles. The van der Waals surface area contributed by atoms with Crippen LogP contribution in [0, 0.1) is 0 Å². The van der Waals surface area contributed by atoms with Crippen molar-refractivity contribution in [3.8, 4) is 78.4 Å². The number of nitrogens with zero attached hydrogens (tertiary/aromatic N) is 3. The standard InChI is InChI=1S/C49H31N3O2S/c53-55(54)47-23-11-10-22-42(47)40-21-9-8-19-38(40)37-18-6-7-20-39(37)41-26-25-34(29-44(41)43-27-24-32-13-4-5-17-36(32)48(43)55)45-30-46(35-16-12-28-50-31-35)52-49(51-45)33-14-2-1-3-15-33/h1-31H. The summed E-state index contributed by atoms with van der Waals surface area (Å²) in [6.07, 6.45) is 3.55. The predicted molar refractivity (Wildman–Crippen MR) is 221 cm³/mol. The number of hydrogen-bond acceptors (Lipinski definition) is 5. The van der Waals surface area contributed by atoms with Crippen LogP contribution in [0.1, 0.15) is 0 Å². The minimum Gasteiger partial charge on any atom is -0.264 e. The van der Waals surface area contributed by atoms with Crippen LogP contribution < -0.4 is 0 Å². The molecule has 0 radical (unpaired) electrons. The second-order valence-electron chi connectivity index (χ2n) is 13.6. The van der Waals surface area contributed by atoms with Gasteiger partial charge in [0.2, 0.25) is 9.84 Å². The molecule has 1 aliphatic rings. The third-order valence-electron chi connectivity index (χ3n) is 10.4. The Morgan fingerprint density at radius 1 is 0.400 bits per heavy atom. The zero-order chi connectivity index (χ0) is 36.9. The van der Waals surface area contributed by atoms with Gasteiger partial charge < -0.3 is 0 Å². The molecule has 7 aromatic carbocycles. The fraction of sp³-hybridized carbons (Fsp3) is 0. The average molecular weight is 726 g/mol. The molecule has 3 heterocycles. The molecule has 2 aromatic heterocycles. The summed E-state index contributed by atoms with van der Waals surface area (Å²) < 4.78 is 31.0. The maximum atomic E-state index is 15.5. The van der Waals surface area contributed by atoms with Crippen LogP contribution in [-0.2, 0) is 9.84 Å². The maximum absolute atomic E-state index is 15.5. The van der Waals surface area contributed by atoms with Gasteiger partial charge >= 0.3 is 0 Å². The number of pyridine rings is 1. The van der Waals surface area contributed by atoms with E-state index in [-0.39, 0.29) is 9.79 Å². The molecule has 0 atom stereocenters. The third-order valence-corrected chi connectivity index (χ3v) is 12.3. The van der Waals surface area contributed by atoms with Crippen molar-refractivity contribution < 1.29 is 8.42 Å². The molecule has 55 heavy (non-hydrogen) atoms. The van der Waals surface area contributed by atoms with Crippen molar-refractivity contribution in [3.63, 3.8) is 0 Å². The molecule has 0 saturated carbocycles. The van der Waals surface area contributed by atoms with Crippen LogP contribution in [0.5, 0.6) is 0 Å². The van der Waals surface area contributed by atoms with E-state index < -0.39 is 9.84 Å². The summed E-state index contributed by atoms with van der Waals surface area (Å²) >= 11 is 0. The summed E-state index contributed by atoms with van der Waals surface area (Å²) in [6, 6.07) is 57.6. The van der Waals surface area contributed by atoms with Crippen molar-refractivity contribution in [1.29, 1.82) is 0 Å². The Morgan fingerprint density at radius 3 is 1.67 bits per heavy atom. The molecule has 1 aliphatic heterocycles. The van der Waals surface area contributed by atoms with Crippen LogP contribution in [-0.4, -0.2) is 23.4 Å². The summed E-state index contributed by atoms with van der Waals surface area (Å²) in [6.45, 7) is 0. The first-order valence-electron chi connectivity index (χ1n) is 18.1. The fourth-order valence-corrected chi connectivity index (χ4v) is 9.71. The average Bonchev–Trinajstić information content (AvgIpc) is 3.26. The smallest absolute Gasteiger partial charge is 0.208 e. The number of fused-ring (bicyclic) bond motifs is 11. The van der Waals surface area contributed by atoms with Crippen LogP contribution >= 0.6 is 0 Å². The van der Waals surface area contributed by atoms with E-state index in [0.717, 1.165) is 61.2 Å². The van der Waals surface area contributed by atoms with Gasteiger partial charge in [0.15, 0.2) is 5.82 Å². The van der Waals surface area contributed by atoms with Gasteiger partial charge in [-0.25, -0.2) is 18.4 Å². The van der Waals surface area contributed by atoms with E-state index in [4.69, 9.17) is 9.97 Å². The molecule has 260 valence electrons. The molecule has 0 unspecified atom stereocenters. The molecular weight excluding hydrogens is 695 g/mol. The van der Waals surface area contributed by atoms with E-state index >= 15 is 8.42 Å². The van der Waals surface area contributed by atoms with Gasteiger partial charge in [-0.3, -0.25) is 4.98 Å². The minimum absolute atomic E-state index is 0.265. The second-order valence-corrected chi connectivity index (χ2v) is 15.4. The lowest BCUT2D eigenvalue weighted by Crippen LogP contribution is -2.07. The van der Waals surface area contributed by atoms with Crippen LogP contribution in [0.2, 0.25) is 0 Å². The van der Waals surface area contributed by atoms with Crippen LogP contribution in [0.4, 0.5) is 0 Å². The molecular formula is C49H31N3O2S. The summed E-state index contributed by atoms with van der Waals surface area (Å²) in [7, 11) is -4.11. The second kappa shape index (κ2) is 13.1. The predicted octanol–water partition coefficient (Wildman–Crippen LogP) is 11.8. The molecule has 6 heteroatoms. The number of aromatic nitrogens is 3. The monoisotopic (exact) mass is 725 g/mol. The highest BCUT2D eigenvalue weighted by Gasteiger charge is 2.31. The van der Waals surface area contributed by atoms with E-state index in [1.807, 2.05) is 133 Å². The molecule has 5 nitrogen and oxygen atoms in total. The quantitative estimate of drug-likeness (QED) is 0.181. The molecule has 0 amide bonds. The summed E-state index contributed by atoms with van der Waals surface area (Å²) in [5.74, 6) is 0.584. The Kier molecular flexibility index (Phi) is 7.79. The number of sulfone groups is 1. The van der Waals surface area contributed by atoms with Crippen molar-refractivity contribution in [1.82, 2.24) is 15.0 Å². The van der Waals surface area contributed by atoms with E-state index in [0.29, 0.717) is 28.0 Å². The van der Waals surface area contributed by atoms with Crippen molar-refractivity contribution >= 4 is 20.6 Å². The molecule has 0 saturated heterocycles. The Bertz CT molecular complexity index is 3000. The lowest BCUT2D eigenvalue weighted by molar-refractivity contribution is 0.597. The van der Waals surface area contributed by atoms with Crippen molar-refractivity contribution in [2.45, 2.75) is 9.79 Å². The van der Waals surface area contributed by atoms with Gasteiger partial charge in [-0.2, -0.15) is 0 Å². The minimum atomic E-state index is -4.11. The van der Waals surface area contributed by atoms with E-state index in [1.54, 1.807) is 18.5 Å². The zero-order valence-electron chi connectivity index (χ0n) is 29.5. The molecule has 0 fully saturated rings. The molecule has 10 rings (SSSR count). The Labute approximate surface area is 319 Å². The van der Waals surface area contributed by atoms with Crippen molar-refractivity contribution in [2.75, 3.05) is 0 Å². The highest BCUT2D eigenvalue weighted by molar-refractivity contribution is 7.92. The Balaban J connectivity index is 1.33. The van der Waals surface area contributed by atoms with Crippen LogP contribution in [0.25, 0.3) is 89.2 Å². The third kappa shape index (κ3) is 5.54. The number of hydrogen-bond donors (Lipinski definition) is 0. The molecule has 0 spiro atoms. The van der Waals surface area contributed by atoms with E-state index in [9.17, 15) is 0 Å². The lowest BCUT2D eigenvalue weighted by atomic mass is 9.85. The topological polar surface area (TPSA) is 72.8 Å². The van der Waals surface area contributed by atoms with Crippen LogP contribution in [0.3, 0.4) is 0 Å². The Morgan fingerprint density at radius 2 is 0.964 bits per heavy atom. The van der Waals surface area contributed by atoms with Gasteiger partial charge in [-0.15, -0.1) is 0 Å². The van der Waals surface area contributed by atoms with Gasteiger partial charge in [-0.1, -0.05) is 146 Å². The van der Waals surface area contributed by atoms with E-state index in [2.05, 4.69) is 41.4 Å². The van der Waals surface area contributed by atoms with Crippen molar-refractivity contribution in [2.24, 2.45) is 0 Å². The number of rotatable bonds is 3. The maximum Gasteiger partial charge on any atom is 0.208 e. The van der Waals surface area contributed by atoms with Gasteiger partial charge in [0.05, 0.1) is 21.2 Å². The van der Waals surface area contributed by atoms with Gasteiger partial charge in [0.1, 0.15) is 0 Å². The summed E-state index contributed by atoms with van der Waals surface area (Å²) in [4.78, 5) is 15.0. The normalized spacial score (nSPS) is 12.7. The zero-order valence-corrected chi connectivity index (χ0v) is 30.3. The highest BCUT2D eigenvalue weighted by atomic mass is 32.2. The summed E-state index contributed by atoms with van der Waals surface area (Å²) in [5, 5.41) is 1.51. The first-order chi connectivity index (χ1) is 27.0. The highest BCUT2D eigenvalue weighted by Crippen LogP contribution is 2.48. The molecule has 9 aromatic rings. The van der Waals surface area contributed by atoms with Crippen LogP contribution in [0.15, 0.2) is 198 Å². The van der Waals surface area contributed by atoms with Gasteiger partial charge in [0.25, 0.3) is 0 Å². The first-order valence-corrected chi connectivity index (χ1v) is 19.6. The van der Waals surface area contributed by atoms with E-state index in [1.165, 1.54) is 0 Å². The summed E-state index contributed by atoms with van der Waals surface area (Å²) in [5.41, 5.74) is 10.8. The first kappa shape index (κ1) is 32.6. The largest absolute Gasteiger partial charge is 0.264 e. The van der Waals surface area contributed by atoms with Crippen molar-refractivity contribution in [3.05, 3.63) is 188 Å². The Hall–Kier alpha value is -7.02. The number of benzene rings is 7. The van der Waals surface area contributed by atoms with Gasteiger partial charge in [-0.05, 0) is 69.1 Å².